The van der Waals surface area contributed by atoms with Crippen LogP contribution in [-0.2, 0) is 22.6 Å². The summed E-state index contributed by atoms with van der Waals surface area (Å²) in [7, 11) is 0. The van der Waals surface area contributed by atoms with Gasteiger partial charge in [0, 0.05) is 25.2 Å². The van der Waals surface area contributed by atoms with Gasteiger partial charge in [-0.05, 0) is 30.5 Å². The van der Waals surface area contributed by atoms with Gasteiger partial charge in [0.25, 0.3) is 0 Å². The largest absolute Gasteiger partial charge is 0.333 e. The summed E-state index contributed by atoms with van der Waals surface area (Å²) in [6, 6.07) is 17.7. The van der Waals surface area contributed by atoms with E-state index < -0.39 is 0 Å². The number of amides is 2. The van der Waals surface area contributed by atoms with Crippen molar-refractivity contribution in [3.8, 4) is 0 Å². The van der Waals surface area contributed by atoms with E-state index in [9.17, 15) is 9.59 Å². The van der Waals surface area contributed by atoms with E-state index in [4.69, 9.17) is 0 Å². The van der Waals surface area contributed by atoms with Crippen molar-refractivity contribution in [3.05, 3.63) is 84.2 Å². The minimum absolute atomic E-state index is 0.0141. The van der Waals surface area contributed by atoms with E-state index in [2.05, 4.69) is 22.1 Å². The molecule has 2 amide bonds. The standard InChI is InChI=1S/C26H31N5O2S/c1-4-15-30(18-24(32)27-22-14-10-9-11-20(22)3)25(33)19-34-26-29-28-23(31(26)16-5-2)17-21-12-7-6-8-13-21/h5-14H,2,4,15-19H2,1,3H3,(H,27,32). The van der Waals surface area contributed by atoms with Crippen molar-refractivity contribution < 1.29 is 9.59 Å². The maximum atomic E-state index is 13.0. The van der Waals surface area contributed by atoms with Crippen LogP contribution in [0, 0.1) is 6.92 Å². The second-order valence-corrected chi connectivity index (χ2v) is 8.87. The molecule has 0 spiro atoms. The molecule has 0 unspecified atom stereocenters. The number of rotatable bonds is 12. The zero-order valence-electron chi connectivity index (χ0n) is 19.7. The van der Waals surface area contributed by atoms with E-state index in [1.54, 1.807) is 11.0 Å². The SMILES string of the molecule is C=CCn1c(Cc2ccccc2)nnc1SCC(=O)N(CCC)CC(=O)Nc1ccccc1C. The van der Waals surface area contributed by atoms with E-state index in [0.29, 0.717) is 24.7 Å². The van der Waals surface area contributed by atoms with Crippen LogP contribution in [0.25, 0.3) is 0 Å². The predicted octanol–water partition coefficient (Wildman–Crippen LogP) is 4.33. The zero-order valence-corrected chi connectivity index (χ0v) is 20.6. The Balaban J connectivity index is 1.63. The Bertz CT molecular complexity index is 1110. The van der Waals surface area contributed by atoms with Crippen molar-refractivity contribution >= 4 is 29.3 Å². The Kier molecular flexibility index (Phi) is 9.46. The lowest BCUT2D eigenvalue weighted by Crippen LogP contribution is -2.39. The van der Waals surface area contributed by atoms with Crippen molar-refractivity contribution in [3.63, 3.8) is 0 Å². The summed E-state index contributed by atoms with van der Waals surface area (Å²) in [6.45, 7) is 8.85. The monoisotopic (exact) mass is 477 g/mol. The molecular weight excluding hydrogens is 446 g/mol. The fourth-order valence-corrected chi connectivity index (χ4v) is 4.37. The number of carbonyl (C=O) groups is 2. The Labute approximate surface area is 205 Å². The summed E-state index contributed by atoms with van der Waals surface area (Å²) in [5, 5.41) is 12.2. The highest BCUT2D eigenvalue weighted by Crippen LogP contribution is 2.20. The topological polar surface area (TPSA) is 80.1 Å². The fourth-order valence-electron chi connectivity index (χ4n) is 3.50. The molecule has 0 atom stereocenters. The second kappa shape index (κ2) is 12.7. The molecule has 1 heterocycles. The maximum Gasteiger partial charge on any atom is 0.244 e. The number of aromatic nitrogens is 3. The van der Waals surface area contributed by atoms with Crippen LogP contribution in [0.3, 0.4) is 0 Å². The maximum absolute atomic E-state index is 13.0. The molecule has 1 N–H and O–H groups in total. The number of thioether (sulfide) groups is 1. The summed E-state index contributed by atoms with van der Waals surface area (Å²) in [6.07, 6.45) is 3.21. The van der Waals surface area contributed by atoms with Crippen LogP contribution in [-0.4, -0.2) is 50.3 Å². The van der Waals surface area contributed by atoms with E-state index in [0.717, 1.165) is 29.1 Å². The lowest BCUT2D eigenvalue weighted by atomic mass is 10.1. The molecule has 3 aromatic rings. The van der Waals surface area contributed by atoms with Gasteiger partial charge in [0.1, 0.15) is 5.82 Å². The number of hydrogen-bond donors (Lipinski definition) is 1. The molecule has 0 saturated heterocycles. The molecule has 0 aliphatic heterocycles. The first-order chi connectivity index (χ1) is 16.5. The van der Waals surface area contributed by atoms with Crippen molar-refractivity contribution in [1.82, 2.24) is 19.7 Å². The Morgan fingerprint density at radius 3 is 2.56 bits per heavy atom. The third-order valence-corrected chi connectivity index (χ3v) is 6.19. The minimum Gasteiger partial charge on any atom is -0.333 e. The lowest BCUT2D eigenvalue weighted by Gasteiger charge is -2.21. The number of hydrogen-bond acceptors (Lipinski definition) is 5. The summed E-state index contributed by atoms with van der Waals surface area (Å²) < 4.78 is 1.98. The number of benzene rings is 2. The summed E-state index contributed by atoms with van der Waals surface area (Å²) in [4.78, 5) is 27.2. The molecule has 0 saturated carbocycles. The molecule has 34 heavy (non-hydrogen) atoms. The molecule has 178 valence electrons. The number of nitrogens with zero attached hydrogens (tertiary/aromatic N) is 4. The van der Waals surface area contributed by atoms with E-state index >= 15 is 0 Å². The van der Waals surface area contributed by atoms with E-state index in [1.807, 2.05) is 73.0 Å². The summed E-state index contributed by atoms with van der Waals surface area (Å²) in [5.74, 6) is 0.688. The molecule has 8 heteroatoms. The highest BCUT2D eigenvalue weighted by atomic mass is 32.2. The molecule has 0 aliphatic rings. The van der Waals surface area contributed by atoms with Crippen LogP contribution in [0.5, 0.6) is 0 Å². The summed E-state index contributed by atoms with van der Waals surface area (Å²) in [5.41, 5.74) is 2.88. The van der Waals surface area contributed by atoms with Gasteiger partial charge in [-0.3, -0.25) is 9.59 Å². The zero-order chi connectivity index (χ0) is 24.3. The normalized spacial score (nSPS) is 10.6. The van der Waals surface area contributed by atoms with E-state index in [-0.39, 0.29) is 24.1 Å². The molecule has 2 aromatic carbocycles. The number of carbonyl (C=O) groups excluding carboxylic acids is 2. The minimum atomic E-state index is -0.207. The van der Waals surface area contributed by atoms with Crippen LogP contribution in [0.4, 0.5) is 5.69 Å². The quantitative estimate of drug-likeness (QED) is 0.310. The first kappa shape index (κ1) is 25.2. The average molecular weight is 478 g/mol. The van der Waals surface area contributed by atoms with Gasteiger partial charge < -0.3 is 14.8 Å². The van der Waals surface area contributed by atoms with Crippen LogP contribution >= 0.6 is 11.8 Å². The van der Waals surface area contributed by atoms with Crippen LogP contribution in [0.1, 0.15) is 30.3 Å². The number of anilines is 1. The molecule has 0 radical (unpaired) electrons. The van der Waals surface area contributed by atoms with Gasteiger partial charge in [0.15, 0.2) is 5.16 Å². The molecule has 0 aliphatic carbocycles. The van der Waals surface area contributed by atoms with Gasteiger partial charge >= 0.3 is 0 Å². The summed E-state index contributed by atoms with van der Waals surface area (Å²) >= 11 is 1.33. The number of allylic oxidation sites excluding steroid dienone is 1. The Hall–Kier alpha value is -3.39. The average Bonchev–Trinajstić information content (AvgIpc) is 3.20. The Morgan fingerprint density at radius 1 is 1.12 bits per heavy atom. The van der Waals surface area contributed by atoms with Crippen molar-refractivity contribution in [2.75, 3.05) is 24.2 Å². The van der Waals surface area contributed by atoms with Crippen molar-refractivity contribution in [2.24, 2.45) is 0 Å². The van der Waals surface area contributed by atoms with Crippen LogP contribution < -0.4 is 5.32 Å². The van der Waals surface area contributed by atoms with Gasteiger partial charge in [0.05, 0.1) is 12.3 Å². The molecular formula is C26H31N5O2S. The van der Waals surface area contributed by atoms with Gasteiger partial charge in [-0.1, -0.05) is 73.3 Å². The molecule has 0 bridgehead atoms. The smallest absolute Gasteiger partial charge is 0.244 e. The van der Waals surface area contributed by atoms with Gasteiger partial charge in [-0.25, -0.2) is 0 Å². The number of para-hydroxylation sites is 1. The lowest BCUT2D eigenvalue weighted by molar-refractivity contribution is -0.132. The fraction of sp³-hybridized carbons (Fsp3) is 0.308. The van der Waals surface area contributed by atoms with Crippen molar-refractivity contribution in [2.45, 2.75) is 38.4 Å². The van der Waals surface area contributed by atoms with Gasteiger partial charge in [-0.2, -0.15) is 0 Å². The third-order valence-electron chi connectivity index (χ3n) is 5.23. The highest BCUT2D eigenvalue weighted by Gasteiger charge is 2.19. The van der Waals surface area contributed by atoms with Crippen molar-refractivity contribution in [1.29, 1.82) is 0 Å². The highest BCUT2D eigenvalue weighted by molar-refractivity contribution is 7.99. The number of aryl methyl sites for hydroxylation is 1. The predicted molar refractivity (Wildman–Crippen MR) is 137 cm³/mol. The molecule has 1 aromatic heterocycles. The van der Waals surface area contributed by atoms with Crippen LogP contribution in [0.2, 0.25) is 0 Å². The Morgan fingerprint density at radius 2 is 1.85 bits per heavy atom. The molecule has 0 fully saturated rings. The van der Waals surface area contributed by atoms with Crippen LogP contribution in [0.15, 0.2) is 72.4 Å². The molecule has 3 rings (SSSR count). The number of nitrogens with one attached hydrogen (secondary N) is 1. The second-order valence-electron chi connectivity index (χ2n) is 7.93. The molecule has 7 nitrogen and oxygen atoms in total. The first-order valence-electron chi connectivity index (χ1n) is 11.3. The van der Waals surface area contributed by atoms with E-state index in [1.165, 1.54) is 11.8 Å². The van der Waals surface area contributed by atoms with Gasteiger partial charge in [0.2, 0.25) is 11.8 Å². The first-order valence-corrected chi connectivity index (χ1v) is 12.3. The van der Waals surface area contributed by atoms with Gasteiger partial charge in [-0.15, -0.1) is 16.8 Å². The third kappa shape index (κ3) is 7.05.